The second-order valence-electron chi connectivity index (χ2n) is 12.3. The van der Waals surface area contributed by atoms with Crippen molar-refractivity contribution in [3.63, 3.8) is 0 Å². The third-order valence-electron chi connectivity index (χ3n) is 7.82. The highest BCUT2D eigenvalue weighted by molar-refractivity contribution is 5.95. The molecule has 11 heteroatoms. The minimum absolute atomic E-state index is 0.0317. The lowest BCUT2D eigenvalue weighted by molar-refractivity contribution is -0.154. The van der Waals surface area contributed by atoms with E-state index in [0.717, 1.165) is 29.5 Å². The van der Waals surface area contributed by atoms with E-state index in [4.69, 9.17) is 23.5 Å². The Morgan fingerprint density at radius 1 is 0.957 bits per heavy atom. The molecule has 11 nitrogen and oxygen atoms in total. The quantitative estimate of drug-likeness (QED) is 0.228. The molecule has 0 bridgehead atoms. The monoisotopic (exact) mass is 624 g/mol. The number of fused-ring (bicyclic) bond motifs is 1. The van der Waals surface area contributed by atoms with Crippen LogP contribution in [-0.2, 0) is 14.3 Å². The van der Waals surface area contributed by atoms with Gasteiger partial charge in [0.25, 0.3) is 5.91 Å². The van der Waals surface area contributed by atoms with Gasteiger partial charge in [0.2, 0.25) is 0 Å². The maximum atomic E-state index is 13.2. The summed E-state index contributed by atoms with van der Waals surface area (Å²) in [6.45, 7) is 8.24. The van der Waals surface area contributed by atoms with Crippen LogP contribution in [0.25, 0.3) is 33.6 Å². The van der Waals surface area contributed by atoms with Crippen molar-refractivity contribution in [1.82, 2.24) is 14.9 Å². The van der Waals surface area contributed by atoms with Crippen molar-refractivity contribution >= 4 is 23.2 Å². The molecule has 2 aliphatic heterocycles. The number of hydrogen-bond donors (Lipinski definition) is 0. The van der Waals surface area contributed by atoms with Gasteiger partial charge < -0.3 is 28.4 Å². The van der Waals surface area contributed by atoms with Crippen LogP contribution in [0.4, 0.5) is 4.79 Å². The predicted molar refractivity (Wildman–Crippen MR) is 169 cm³/mol. The highest BCUT2D eigenvalue weighted by atomic mass is 16.8. The number of amides is 1. The van der Waals surface area contributed by atoms with Gasteiger partial charge in [-0.15, -0.1) is 5.06 Å². The molecule has 4 aromatic rings. The summed E-state index contributed by atoms with van der Waals surface area (Å²) in [6.07, 6.45) is 2.59. The topological polar surface area (TPSA) is 127 Å². The van der Waals surface area contributed by atoms with E-state index < -0.39 is 11.8 Å². The van der Waals surface area contributed by atoms with E-state index in [1.54, 1.807) is 44.0 Å². The van der Waals surface area contributed by atoms with Crippen molar-refractivity contribution < 1.29 is 33.1 Å². The van der Waals surface area contributed by atoms with Crippen molar-refractivity contribution in [3.8, 4) is 34.3 Å². The number of hydroxylamine groups is 2. The number of aromatic nitrogens is 1. The fraction of sp³-hybridized carbons (Fsp3) is 0.371. The first-order chi connectivity index (χ1) is 22.2. The lowest BCUT2D eigenvalue weighted by atomic mass is 10.0. The van der Waals surface area contributed by atoms with Crippen LogP contribution in [0.15, 0.2) is 65.2 Å². The predicted octanol–water partition coefficient (Wildman–Crippen LogP) is 6.22. The molecule has 0 unspecified atom stereocenters. The third-order valence-corrected chi connectivity index (χ3v) is 7.82. The van der Waals surface area contributed by atoms with E-state index in [1.807, 2.05) is 42.5 Å². The molecule has 2 fully saturated rings. The number of nitriles is 1. The first kappa shape index (κ1) is 31.1. The minimum atomic E-state index is -0.753. The highest BCUT2D eigenvalue weighted by Gasteiger charge is 2.27. The smallest absolute Gasteiger partial charge is 0.489 e. The van der Waals surface area contributed by atoms with E-state index in [-0.39, 0.29) is 12.0 Å². The molecular formula is C35H36N4O7. The fourth-order valence-corrected chi connectivity index (χ4v) is 5.48. The highest BCUT2D eigenvalue weighted by Crippen LogP contribution is 2.36. The number of carbonyl (C=O) groups excluding carboxylic acids is 2. The lowest BCUT2D eigenvalue weighted by Crippen LogP contribution is -2.49. The molecule has 0 radical (unpaired) electrons. The van der Waals surface area contributed by atoms with Gasteiger partial charge >= 0.3 is 6.16 Å². The molecule has 0 atom stereocenters. The Morgan fingerprint density at radius 2 is 1.67 bits per heavy atom. The van der Waals surface area contributed by atoms with E-state index in [0.29, 0.717) is 73.1 Å². The van der Waals surface area contributed by atoms with E-state index in [2.05, 4.69) is 11.1 Å². The van der Waals surface area contributed by atoms with Crippen molar-refractivity contribution in [2.24, 2.45) is 0 Å². The Labute approximate surface area is 267 Å². The number of rotatable bonds is 6. The van der Waals surface area contributed by atoms with Crippen LogP contribution in [0, 0.1) is 11.3 Å². The van der Waals surface area contributed by atoms with Gasteiger partial charge in [-0.2, -0.15) is 5.26 Å². The summed E-state index contributed by atoms with van der Waals surface area (Å²) in [5, 5.41) is 11.4. The maximum absolute atomic E-state index is 13.2. The largest absolute Gasteiger partial charge is 0.528 e. The summed E-state index contributed by atoms with van der Waals surface area (Å²) in [7, 11) is 0. The molecule has 4 heterocycles. The lowest BCUT2D eigenvalue weighted by Gasteiger charge is -2.33. The molecule has 238 valence electrons. The Hall–Kier alpha value is -4.92. The number of carbonyl (C=O) groups is 2. The number of pyridine rings is 1. The van der Waals surface area contributed by atoms with Gasteiger partial charge in [-0.25, -0.2) is 4.79 Å². The van der Waals surface area contributed by atoms with Gasteiger partial charge in [0, 0.05) is 54.9 Å². The van der Waals surface area contributed by atoms with Gasteiger partial charge in [-0.05, 0) is 56.7 Å². The number of benzene rings is 2. The minimum Gasteiger partial charge on any atom is -0.489 e. The zero-order chi connectivity index (χ0) is 32.3. The summed E-state index contributed by atoms with van der Waals surface area (Å²) < 4.78 is 23.1. The summed E-state index contributed by atoms with van der Waals surface area (Å²) in [6, 6.07) is 18.8. The Morgan fingerprint density at radius 3 is 2.37 bits per heavy atom. The van der Waals surface area contributed by atoms with Crippen LogP contribution in [0.5, 0.6) is 5.75 Å². The van der Waals surface area contributed by atoms with Gasteiger partial charge in [0.15, 0.2) is 5.58 Å². The van der Waals surface area contributed by atoms with Crippen molar-refractivity contribution in [2.75, 3.05) is 39.4 Å². The first-order valence-electron chi connectivity index (χ1n) is 15.4. The van der Waals surface area contributed by atoms with Crippen molar-refractivity contribution in [3.05, 3.63) is 71.9 Å². The maximum Gasteiger partial charge on any atom is 0.528 e. The van der Waals surface area contributed by atoms with E-state index in [1.165, 1.54) is 5.06 Å². The van der Waals surface area contributed by atoms with Crippen LogP contribution in [0.1, 0.15) is 49.5 Å². The molecule has 0 saturated carbocycles. The summed E-state index contributed by atoms with van der Waals surface area (Å²) >= 11 is 0. The molecule has 2 aromatic carbocycles. The molecule has 0 aliphatic carbocycles. The average Bonchev–Trinajstić information content (AvgIpc) is 3.49. The van der Waals surface area contributed by atoms with Gasteiger partial charge in [0.1, 0.15) is 34.8 Å². The zero-order valence-corrected chi connectivity index (χ0v) is 26.2. The van der Waals surface area contributed by atoms with Gasteiger partial charge in [-0.1, -0.05) is 18.2 Å². The zero-order valence-electron chi connectivity index (χ0n) is 26.2. The van der Waals surface area contributed by atoms with Gasteiger partial charge in [0.05, 0.1) is 31.9 Å². The fourth-order valence-electron chi connectivity index (χ4n) is 5.48. The Balaban J connectivity index is 1.13. The molecule has 2 saturated heterocycles. The van der Waals surface area contributed by atoms with Crippen LogP contribution in [-0.4, -0.2) is 78.1 Å². The second-order valence-corrected chi connectivity index (χ2v) is 12.3. The van der Waals surface area contributed by atoms with Crippen LogP contribution >= 0.6 is 0 Å². The van der Waals surface area contributed by atoms with Crippen LogP contribution < -0.4 is 4.74 Å². The SMILES string of the molecule is CC(C)(C)OC(=O)ON1CCN(C(=O)c2ccc(-c3cc4nccc(-c5ccc(OC6CCOCC6)c(C#N)c5)c4o3)cc2)CC1. The Bertz CT molecular complexity index is 1760. The Kier molecular flexibility index (Phi) is 8.92. The number of hydrogen-bond acceptors (Lipinski definition) is 10. The average molecular weight is 625 g/mol. The second kappa shape index (κ2) is 13.2. The summed E-state index contributed by atoms with van der Waals surface area (Å²) in [5.74, 6) is 1.07. The van der Waals surface area contributed by atoms with Crippen molar-refractivity contribution in [1.29, 1.82) is 5.26 Å². The van der Waals surface area contributed by atoms with E-state index >= 15 is 0 Å². The molecule has 6 rings (SSSR count). The number of nitrogens with zero attached hydrogens (tertiary/aromatic N) is 4. The molecule has 1 amide bonds. The van der Waals surface area contributed by atoms with Gasteiger partial charge in [-0.3, -0.25) is 9.78 Å². The number of furan rings is 1. The normalized spacial score (nSPS) is 16.2. The molecular weight excluding hydrogens is 588 g/mol. The van der Waals surface area contributed by atoms with E-state index in [9.17, 15) is 14.9 Å². The first-order valence-corrected chi connectivity index (χ1v) is 15.4. The summed E-state index contributed by atoms with van der Waals surface area (Å²) in [4.78, 5) is 36.7. The van der Waals surface area contributed by atoms with Crippen molar-refractivity contribution in [2.45, 2.75) is 45.3 Å². The molecule has 0 N–H and O–H groups in total. The number of ether oxygens (including phenoxy) is 3. The van der Waals surface area contributed by atoms with Crippen LogP contribution in [0.2, 0.25) is 0 Å². The molecule has 0 spiro atoms. The summed E-state index contributed by atoms with van der Waals surface area (Å²) in [5.41, 5.74) is 4.08. The standard InChI is InChI=1S/C35H36N4O7/c1-35(2,3)45-34(41)46-39-16-14-38(15-17-39)33(40)24-6-4-23(5-7-24)31-21-29-32(44-31)28(10-13-37-29)25-8-9-30(26(20-25)22-36)43-27-11-18-42-19-12-27/h4-10,13,20-21,27H,11-12,14-19H2,1-3H3. The molecule has 2 aromatic heterocycles. The number of piperazine rings is 1. The molecule has 46 heavy (non-hydrogen) atoms. The third kappa shape index (κ3) is 7.14. The molecule has 2 aliphatic rings. The van der Waals surface area contributed by atoms with Crippen LogP contribution in [0.3, 0.4) is 0 Å².